The number of ether oxygens (including phenoxy) is 1. The Hall–Kier alpha value is -2.63. The molecule has 0 saturated heterocycles. The molecule has 1 amide bonds. The third kappa shape index (κ3) is 5.17. The van der Waals surface area contributed by atoms with Crippen LogP contribution in [0, 0.1) is 0 Å². The third-order valence-electron chi connectivity index (χ3n) is 3.55. The van der Waals surface area contributed by atoms with Gasteiger partial charge in [-0.2, -0.15) is 0 Å². The molecule has 0 aliphatic heterocycles. The molecule has 0 radical (unpaired) electrons. The smallest absolute Gasteiger partial charge is 0.238 e. The first-order valence-corrected chi connectivity index (χ1v) is 8.91. The van der Waals surface area contributed by atoms with Gasteiger partial charge in [-0.15, -0.1) is 11.3 Å². The van der Waals surface area contributed by atoms with E-state index in [2.05, 4.69) is 11.4 Å². The Kier molecular flexibility index (Phi) is 5.82. The number of para-hydroxylation sites is 3. The minimum Gasteiger partial charge on any atom is -0.455 e. The van der Waals surface area contributed by atoms with E-state index in [9.17, 15) is 4.79 Å². The number of hydrogen-bond acceptors (Lipinski definition) is 4. The Morgan fingerprint density at radius 1 is 1.04 bits per heavy atom. The lowest BCUT2D eigenvalue weighted by atomic mass is 10.2. The average molecular weight is 352 g/mol. The fourth-order valence-electron chi connectivity index (χ4n) is 2.43. The van der Waals surface area contributed by atoms with E-state index in [1.165, 1.54) is 4.88 Å². The summed E-state index contributed by atoms with van der Waals surface area (Å²) >= 11 is 1.69. The van der Waals surface area contributed by atoms with Crippen LogP contribution in [0.3, 0.4) is 0 Å². The van der Waals surface area contributed by atoms with Crippen LogP contribution in [0.25, 0.3) is 0 Å². The maximum Gasteiger partial charge on any atom is 0.238 e. The zero-order chi connectivity index (χ0) is 17.5. The van der Waals surface area contributed by atoms with Gasteiger partial charge in [-0.3, -0.25) is 9.69 Å². The summed E-state index contributed by atoms with van der Waals surface area (Å²) in [5.74, 6) is 1.30. The molecule has 0 aliphatic rings. The molecule has 1 N–H and O–H groups in total. The summed E-state index contributed by atoms with van der Waals surface area (Å²) < 4.78 is 5.87. The summed E-state index contributed by atoms with van der Waals surface area (Å²) in [5.41, 5.74) is 0.667. The normalized spacial score (nSPS) is 10.6. The summed E-state index contributed by atoms with van der Waals surface area (Å²) in [7, 11) is 1.94. The number of amides is 1. The van der Waals surface area contributed by atoms with E-state index in [0.29, 0.717) is 18.0 Å². The molecule has 0 aliphatic carbocycles. The lowest BCUT2D eigenvalue weighted by Gasteiger charge is -2.16. The van der Waals surface area contributed by atoms with E-state index < -0.39 is 0 Å². The van der Waals surface area contributed by atoms with Gasteiger partial charge in [0.05, 0.1) is 12.2 Å². The van der Waals surface area contributed by atoms with Gasteiger partial charge < -0.3 is 10.1 Å². The molecule has 1 heterocycles. The molecule has 0 bridgehead atoms. The second kappa shape index (κ2) is 8.46. The summed E-state index contributed by atoms with van der Waals surface area (Å²) in [6.07, 6.45) is 0. The predicted octanol–water partition coefficient (Wildman–Crippen LogP) is 4.61. The number of nitrogens with one attached hydrogen (secondary N) is 1. The Bertz CT molecular complexity index is 804. The van der Waals surface area contributed by atoms with Gasteiger partial charge in [0.25, 0.3) is 0 Å². The van der Waals surface area contributed by atoms with Crippen molar-refractivity contribution >= 4 is 22.9 Å². The first-order valence-electron chi connectivity index (χ1n) is 8.03. The van der Waals surface area contributed by atoms with Gasteiger partial charge in [-0.1, -0.05) is 36.4 Å². The van der Waals surface area contributed by atoms with Crippen LogP contribution in [0.2, 0.25) is 0 Å². The molecule has 3 aromatic rings. The molecule has 2 aromatic carbocycles. The standard InChI is InChI=1S/C20H20N2O2S/c1-22(14-17-10-7-13-25-17)15-20(23)21-18-11-5-6-12-19(18)24-16-8-3-2-4-9-16/h2-13H,14-15H2,1H3,(H,21,23). The molecule has 5 heteroatoms. The molecule has 0 fully saturated rings. The van der Waals surface area contributed by atoms with Crippen LogP contribution in [0.1, 0.15) is 4.88 Å². The first-order chi connectivity index (χ1) is 12.2. The number of thiophene rings is 1. The number of benzene rings is 2. The zero-order valence-electron chi connectivity index (χ0n) is 14.0. The van der Waals surface area contributed by atoms with Crippen molar-refractivity contribution in [1.82, 2.24) is 4.90 Å². The minimum atomic E-state index is -0.0665. The fraction of sp³-hybridized carbons (Fsp3) is 0.150. The molecule has 3 rings (SSSR count). The van der Waals surface area contributed by atoms with E-state index in [4.69, 9.17) is 4.74 Å². The van der Waals surface area contributed by atoms with Crippen LogP contribution < -0.4 is 10.1 Å². The number of nitrogens with zero attached hydrogens (tertiary/aromatic N) is 1. The minimum absolute atomic E-state index is 0.0665. The van der Waals surface area contributed by atoms with Crippen LogP contribution in [0.5, 0.6) is 11.5 Å². The highest BCUT2D eigenvalue weighted by molar-refractivity contribution is 7.09. The molecule has 1 aromatic heterocycles. The number of carbonyl (C=O) groups excluding carboxylic acids is 1. The second-order valence-electron chi connectivity index (χ2n) is 5.71. The van der Waals surface area contributed by atoms with E-state index in [1.54, 1.807) is 11.3 Å². The van der Waals surface area contributed by atoms with Gasteiger partial charge in [-0.25, -0.2) is 0 Å². The van der Waals surface area contributed by atoms with Crippen LogP contribution in [-0.2, 0) is 11.3 Å². The van der Waals surface area contributed by atoms with Crippen LogP contribution in [0.4, 0.5) is 5.69 Å². The van der Waals surface area contributed by atoms with Gasteiger partial charge in [0.1, 0.15) is 5.75 Å². The number of carbonyl (C=O) groups is 1. The van der Waals surface area contributed by atoms with Crippen LogP contribution in [0.15, 0.2) is 72.1 Å². The van der Waals surface area contributed by atoms with Gasteiger partial charge in [0.2, 0.25) is 5.91 Å². The van der Waals surface area contributed by atoms with E-state index in [0.717, 1.165) is 12.3 Å². The molecule has 128 valence electrons. The number of likely N-dealkylation sites (N-methyl/N-ethyl adjacent to an activating group) is 1. The summed E-state index contributed by atoms with van der Waals surface area (Å²) in [6, 6.07) is 21.1. The number of hydrogen-bond donors (Lipinski definition) is 1. The highest BCUT2D eigenvalue weighted by atomic mass is 32.1. The average Bonchev–Trinajstić information content (AvgIpc) is 3.10. The van der Waals surface area contributed by atoms with Gasteiger partial charge >= 0.3 is 0 Å². The molecule has 0 atom stereocenters. The predicted molar refractivity (Wildman–Crippen MR) is 102 cm³/mol. The largest absolute Gasteiger partial charge is 0.455 e. The monoisotopic (exact) mass is 352 g/mol. The Balaban J connectivity index is 1.61. The SMILES string of the molecule is CN(CC(=O)Nc1ccccc1Oc1ccccc1)Cc1cccs1. The van der Waals surface area contributed by atoms with Gasteiger partial charge in [0, 0.05) is 11.4 Å². The summed E-state index contributed by atoms with van der Waals surface area (Å²) in [6.45, 7) is 1.07. The van der Waals surface area contributed by atoms with E-state index in [1.807, 2.05) is 78.0 Å². The van der Waals surface area contributed by atoms with Crippen molar-refractivity contribution in [2.45, 2.75) is 6.54 Å². The maximum absolute atomic E-state index is 12.4. The van der Waals surface area contributed by atoms with Crippen molar-refractivity contribution in [2.24, 2.45) is 0 Å². The Morgan fingerprint density at radius 3 is 2.56 bits per heavy atom. The summed E-state index contributed by atoms with van der Waals surface area (Å²) in [4.78, 5) is 15.6. The fourth-order valence-corrected chi connectivity index (χ4v) is 3.22. The Morgan fingerprint density at radius 2 is 1.80 bits per heavy atom. The van der Waals surface area contributed by atoms with Crippen LogP contribution >= 0.6 is 11.3 Å². The van der Waals surface area contributed by atoms with Crippen LogP contribution in [-0.4, -0.2) is 24.4 Å². The molecule has 4 nitrogen and oxygen atoms in total. The van der Waals surface area contributed by atoms with Gasteiger partial charge in [0.15, 0.2) is 5.75 Å². The maximum atomic E-state index is 12.4. The topological polar surface area (TPSA) is 41.6 Å². The lowest BCUT2D eigenvalue weighted by Crippen LogP contribution is -2.29. The van der Waals surface area contributed by atoms with E-state index in [-0.39, 0.29) is 5.91 Å². The zero-order valence-corrected chi connectivity index (χ0v) is 14.8. The number of rotatable bonds is 7. The third-order valence-corrected chi connectivity index (χ3v) is 4.41. The highest BCUT2D eigenvalue weighted by Gasteiger charge is 2.11. The van der Waals surface area contributed by atoms with E-state index >= 15 is 0 Å². The second-order valence-corrected chi connectivity index (χ2v) is 6.74. The highest BCUT2D eigenvalue weighted by Crippen LogP contribution is 2.29. The number of anilines is 1. The molecule has 25 heavy (non-hydrogen) atoms. The van der Waals surface area contributed by atoms with Crippen molar-refractivity contribution in [1.29, 1.82) is 0 Å². The molecular weight excluding hydrogens is 332 g/mol. The molecule has 0 saturated carbocycles. The molecule has 0 unspecified atom stereocenters. The van der Waals surface area contributed by atoms with Crippen molar-refractivity contribution in [3.63, 3.8) is 0 Å². The van der Waals surface area contributed by atoms with Crippen molar-refractivity contribution in [2.75, 3.05) is 18.9 Å². The quantitative estimate of drug-likeness (QED) is 0.675. The summed E-state index contributed by atoms with van der Waals surface area (Å²) in [5, 5.41) is 4.98. The van der Waals surface area contributed by atoms with Crippen molar-refractivity contribution in [3.8, 4) is 11.5 Å². The Labute approximate surface area is 151 Å². The van der Waals surface area contributed by atoms with Crippen molar-refractivity contribution < 1.29 is 9.53 Å². The van der Waals surface area contributed by atoms with Crippen molar-refractivity contribution in [3.05, 3.63) is 77.0 Å². The van der Waals surface area contributed by atoms with Gasteiger partial charge in [-0.05, 0) is 42.8 Å². The lowest BCUT2D eigenvalue weighted by molar-refractivity contribution is -0.117. The first kappa shape index (κ1) is 17.2. The molecule has 0 spiro atoms. The molecular formula is C20H20N2O2S.